The summed E-state index contributed by atoms with van der Waals surface area (Å²) in [4.78, 5) is 0. The van der Waals surface area contributed by atoms with E-state index in [0.29, 0.717) is 5.92 Å². The molecule has 0 bridgehead atoms. The Morgan fingerprint density at radius 3 is 3.00 bits per heavy atom. The van der Waals surface area contributed by atoms with Gasteiger partial charge in [-0.2, -0.15) is 0 Å². The summed E-state index contributed by atoms with van der Waals surface area (Å²) in [6.07, 6.45) is 1.21. The second-order valence-corrected chi connectivity index (χ2v) is 5.01. The molecule has 0 radical (unpaired) electrons. The molecule has 1 nitrogen and oxygen atoms in total. The number of rotatable bonds is 1. The molecule has 1 fully saturated rings. The van der Waals surface area contributed by atoms with E-state index in [1.54, 1.807) is 0 Å². The minimum Gasteiger partial charge on any atom is -0.316 e. The quantitative estimate of drug-likeness (QED) is 0.787. The molecule has 1 unspecified atom stereocenters. The Bertz CT molecular complexity index is 308. The van der Waals surface area contributed by atoms with Gasteiger partial charge in [-0.1, -0.05) is 11.6 Å². The summed E-state index contributed by atoms with van der Waals surface area (Å²) in [6, 6.07) is 6.24. The molecule has 13 heavy (non-hydrogen) atoms. The van der Waals surface area contributed by atoms with Crippen molar-refractivity contribution in [3.8, 4) is 0 Å². The van der Waals surface area contributed by atoms with Crippen molar-refractivity contribution < 1.29 is 0 Å². The number of halogens is 2. The van der Waals surface area contributed by atoms with Crippen LogP contribution in [0.25, 0.3) is 0 Å². The molecule has 1 aromatic rings. The van der Waals surface area contributed by atoms with Crippen LogP contribution in [0.1, 0.15) is 17.9 Å². The normalized spacial score (nSPS) is 22.2. The van der Waals surface area contributed by atoms with Crippen molar-refractivity contribution in [1.82, 2.24) is 5.32 Å². The topological polar surface area (TPSA) is 12.0 Å². The van der Waals surface area contributed by atoms with Crippen molar-refractivity contribution in [1.29, 1.82) is 0 Å². The van der Waals surface area contributed by atoms with E-state index in [1.165, 1.54) is 15.6 Å². The van der Waals surface area contributed by atoms with Gasteiger partial charge in [0.05, 0.1) is 0 Å². The second-order valence-electron chi connectivity index (χ2n) is 3.36. The highest BCUT2D eigenvalue weighted by Gasteiger charge is 2.18. The zero-order chi connectivity index (χ0) is 9.26. The van der Waals surface area contributed by atoms with E-state index in [0.717, 1.165) is 18.1 Å². The van der Waals surface area contributed by atoms with E-state index in [-0.39, 0.29) is 0 Å². The molecular formula is C10H11ClIN. The van der Waals surface area contributed by atoms with Crippen LogP contribution in [0.15, 0.2) is 18.2 Å². The van der Waals surface area contributed by atoms with Crippen LogP contribution in [-0.4, -0.2) is 13.1 Å². The molecule has 1 atom stereocenters. The largest absolute Gasteiger partial charge is 0.316 e. The van der Waals surface area contributed by atoms with Crippen LogP contribution in [0.4, 0.5) is 0 Å². The molecule has 0 aromatic heterocycles. The molecular weight excluding hydrogens is 296 g/mol. The molecule has 0 spiro atoms. The lowest BCUT2D eigenvalue weighted by molar-refractivity contribution is 0.763. The van der Waals surface area contributed by atoms with Crippen LogP contribution in [0.2, 0.25) is 5.02 Å². The Kier molecular flexibility index (Phi) is 3.11. The molecule has 1 aromatic carbocycles. The highest BCUT2D eigenvalue weighted by molar-refractivity contribution is 14.1. The van der Waals surface area contributed by atoms with Crippen LogP contribution in [0.3, 0.4) is 0 Å². The number of nitrogens with one attached hydrogen (secondary N) is 1. The first-order valence-electron chi connectivity index (χ1n) is 4.43. The van der Waals surface area contributed by atoms with E-state index in [2.05, 4.69) is 40.0 Å². The Balaban J connectivity index is 2.32. The van der Waals surface area contributed by atoms with Gasteiger partial charge in [0.25, 0.3) is 0 Å². The summed E-state index contributed by atoms with van der Waals surface area (Å²) in [6.45, 7) is 2.19. The van der Waals surface area contributed by atoms with E-state index in [9.17, 15) is 0 Å². The monoisotopic (exact) mass is 307 g/mol. The van der Waals surface area contributed by atoms with E-state index in [4.69, 9.17) is 11.6 Å². The first-order chi connectivity index (χ1) is 6.27. The molecule has 1 aliphatic heterocycles. The van der Waals surface area contributed by atoms with Gasteiger partial charge in [-0.3, -0.25) is 0 Å². The van der Waals surface area contributed by atoms with Gasteiger partial charge >= 0.3 is 0 Å². The lowest BCUT2D eigenvalue weighted by atomic mass is 9.99. The van der Waals surface area contributed by atoms with Gasteiger partial charge in [-0.05, 0) is 65.2 Å². The summed E-state index contributed by atoms with van der Waals surface area (Å²) in [5.41, 5.74) is 1.30. The summed E-state index contributed by atoms with van der Waals surface area (Å²) < 4.78 is 1.27. The van der Waals surface area contributed by atoms with Gasteiger partial charge in [-0.25, -0.2) is 0 Å². The van der Waals surface area contributed by atoms with E-state index in [1.807, 2.05) is 6.07 Å². The van der Waals surface area contributed by atoms with Crippen LogP contribution in [0, 0.1) is 3.57 Å². The predicted octanol–water partition coefficient (Wildman–Crippen LogP) is 3.02. The molecule has 1 N–H and O–H groups in total. The van der Waals surface area contributed by atoms with Crippen molar-refractivity contribution in [2.24, 2.45) is 0 Å². The smallest absolute Gasteiger partial charge is 0.0442 e. The summed E-state index contributed by atoms with van der Waals surface area (Å²) >= 11 is 8.47. The van der Waals surface area contributed by atoms with Crippen molar-refractivity contribution in [3.63, 3.8) is 0 Å². The minimum atomic E-state index is 0.613. The Morgan fingerprint density at radius 2 is 2.31 bits per heavy atom. The number of benzene rings is 1. The van der Waals surface area contributed by atoms with Crippen molar-refractivity contribution in [2.75, 3.05) is 13.1 Å². The fraction of sp³-hybridized carbons (Fsp3) is 0.400. The van der Waals surface area contributed by atoms with Crippen LogP contribution in [0.5, 0.6) is 0 Å². The van der Waals surface area contributed by atoms with Gasteiger partial charge in [0, 0.05) is 15.1 Å². The number of hydrogen-bond acceptors (Lipinski definition) is 1. The molecule has 3 heteroatoms. The molecule has 1 saturated heterocycles. The predicted molar refractivity (Wildman–Crippen MR) is 64.4 cm³/mol. The Morgan fingerprint density at radius 1 is 1.46 bits per heavy atom. The third kappa shape index (κ3) is 2.17. The van der Waals surface area contributed by atoms with Crippen molar-refractivity contribution in [3.05, 3.63) is 32.4 Å². The van der Waals surface area contributed by atoms with Gasteiger partial charge in [0.15, 0.2) is 0 Å². The average molecular weight is 308 g/mol. The first-order valence-corrected chi connectivity index (χ1v) is 5.88. The molecule has 0 amide bonds. The first kappa shape index (κ1) is 9.74. The molecule has 0 saturated carbocycles. The molecule has 70 valence electrons. The lowest BCUT2D eigenvalue weighted by Crippen LogP contribution is -2.08. The zero-order valence-corrected chi connectivity index (χ0v) is 10.1. The maximum absolute atomic E-state index is 6.15. The van der Waals surface area contributed by atoms with Crippen molar-refractivity contribution in [2.45, 2.75) is 12.3 Å². The highest BCUT2D eigenvalue weighted by atomic mass is 127. The lowest BCUT2D eigenvalue weighted by Gasteiger charge is -2.11. The fourth-order valence-corrected chi connectivity index (χ4v) is 2.53. The molecule has 2 rings (SSSR count). The minimum absolute atomic E-state index is 0.613. The van der Waals surface area contributed by atoms with E-state index < -0.39 is 0 Å². The van der Waals surface area contributed by atoms with Crippen molar-refractivity contribution >= 4 is 34.2 Å². The average Bonchev–Trinajstić information content (AvgIpc) is 2.61. The van der Waals surface area contributed by atoms with Crippen LogP contribution in [-0.2, 0) is 0 Å². The molecule has 1 aliphatic rings. The van der Waals surface area contributed by atoms with Gasteiger partial charge in [0.2, 0.25) is 0 Å². The van der Waals surface area contributed by atoms with Gasteiger partial charge < -0.3 is 5.32 Å². The zero-order valence-electron chi connectivity index (χ0n) is 7.19. The fourth-order valence-electron chi connectivity index (χ4n) is 1.75. The SMILES string of the molecule is Clc1ccc(I)cc1C1CCNC1. The Hall–Kier alpha value is 0.200. The van der Waals surface area contributed by atoms with Gasteiger partial charge in [-0.15, -0.1) is 0 Å². The second kappa shape index (κ2) is 4.15. The maximum atomic E-state index is 6.15. The van der Waals surface area contributed by atoms with Gasteiger partial charge in [0.1, 0.15) is 0 Å². The van der Waals surface area contributed by atoms with Crippen LogP contribution < -0.4 is 5.32 Å². The number of hydrogen-bond donors (Lipinski definition) is 1. The summed E-state index contributed by atoms with van der Waals surface area (Å²) in [7, 11) is 0. The molecule has 1 heterocycles. The summed E-state index contributed by atoms with van der Waals surface area (Å²) in [5.74, 6) is 0.613. The van der Waals surface area contributed by atoms with Crippen LogP contribution >= 0.6 is 34.2 Å². The van der Waals surface area contributed by atoms with E-state index >= 15 is 0 Å². The Labute approximate surface area is 97.0 Å². The summed E-state index contributed by atoms with van der Waals surface area (Å²) in [5, 5.41) is 4.27. The third-order valence-electron chi connectivity index (χ3n) is 2.46. The molecule has 0 aliphatic carbocycles. The third-order valence-corrected chi connectivity index (χ3v) is 3.47. The highest BCUT2D eigenvalue weighted by Crippen LogP contribution is 2.30. The standard InChI is InChI=1S/C10H11ClIN/c11-10-2-1-8(12)5-9(10)7-3-4-13-6-7/h1-2,5,7,13H,3-4,6H2. The maximum Gasteiger partial charge on any atom is 0.0442 e.